The molecule has 1 aliphatic rings. The monoisotopic (exact) mass is 344 g/mol. The summed E-state index contributed by atoms with van der Waals surface area (Å²) in [7, 11) is 1.85. The van der Waals surface area contributed by atoms with E-state index in [2.05, 4.69) is 15.4 Å². The van der Waals surface area contributed by atoms with E-state index in [0.29, 0.717) is 6.42 Å². The van der Waals surface area contributed by atoms with Gasteiger partial charge in [0, 0.05) is 48.5 Å². The van der Waals surface area contributed by atoms with Crippen LogP contribution in [-0.2, 0) is 11.8 Å². The largest absolute Gasteiger partial charge is 0.311 e. The number of nitrogens with zero attached hydrogens (tertiary/aromatic N) is 5. The lowest BCUT2D eigenvalue weighted by molar-refractivity contribution is -0.116. The van der Waals surface area contributed by atoms with Crippen LogP contribution in [0.1, 0.15) is 23.5 Å². The molecule has 7 nitrogen and oxygen atoms in total. The van der Waals surface area contributed by atoms with Gasteiger partial charge in [0.2, 0.25) is 5.91 Å². The lowest BCUT2D eigenvalue weighted by Crippen LogP contribution is -2.24. The summed E-state index contributed by atoms with van der Waals surface area (Å²) in [6, 6.07) is 11.9. The number of carbonyl (C=O) groups is 1. The van der Waals surface area contributed by atoms with Crippen molar-refractivity contribution in [2.75, 3.05) is 5.32 Å². The van der Waals surface area contributed by atoms with Crippen LogP contribution in [0.15, 0.2) is 55.0 Å². The summed E-state index contributed by atoms with van der Waals surface area (Å²) in [6.07, 6.45) is 5.75. The average molecular weight is 344 g/mol. The third-order valence-corrected chi connectivity index (χ3v) is 4.81. The number of nitrogens with one attached hydrogen (secondary N) is 1. The SMILES string of the molecule is Cn1nc(-c2ccccc2)c2c1NC(=O)C[C@H]2c1cnn2cccnc12. The van der Waals surface area contributed by atoms with Crippen LogP contribution in [-0.4, -0.2) is 30.3 Å². The van der Waals surface area contributed by atoms with Gasteiger partial charge in [-0.25, -0.2) is 9.50 Å². The molecule has 5 rings (SSSR count). The van der Waals surface area contributed by atoms with Gasteiger partial charge in [0.25, 0.3) is 0 Å². The van der Waals surface area contributed by atoms with E-state index in [1.807, 2.05) is 49.6 Å². The van der Waals surface area contributed by atoms with E-state index in [1.54, 1.807) is 21.6 Å². The number of benzene rings is 1. The molecule has 7 heteroatoms. The summed E-state index contributed by atoms with van der Waals surface area (Å²) >= 11 is 0. The standard InChI is InChI=1S/C19H16N6O/c1-24-19-16(17(23-24)12-6-3-2-4-7-12)13(10-15(26)22-19)14-11-21-25-9-5-8-20-18(14)25/h2-9,11,13H,10H2,1H3,(H,22,26)/t13-/m0/s1. The molecule has 0 aliphatic carbocycles. The highest BCUT2D eigenvalue weighted by Crippen LogP contribution is 2.43. The van der Waals surface area contributed by atoms with E-state index in [-0.39, 0.29) is 11.8 Å². The fourth-order valence-electron chi connectivity index (χ4n) is 3.66. The minimum atomic E-state index is -0.143. The van der Waals surface area contributed by atoms with Crippen molar-refractivity contribution in [3.05, 3.63) is 66.1 Å². The second-order valence-electron chi connectivity index (χ2n) is 6.39. The summed E-state index contributed by atoms with van der Waals surface area (Å²) in [4.78, 5) is 16.8. The molecular weight excluding hydrogens is 328 g/mol. The van der Waals surface area contributed by atoms with Crippen molar-refractivity contribution in [3.63, 3.8) is 0 Å². The minimum Gasteiger partial charge on any atom is -0.311 e. The molecule has 0 saturated carbocycles. The van der Waals surface area contributed by atoms with Crippen molar-refractivity contribution in [2.24, 2.45) is 7.05 Å². The van der Waals surface area contributed by atoms with Crippen LogP contribution in [0.5, 0.6) is 0 Å². The van der Waals surface area contributed by atoms with E-state index in [4.69, 9.17) is 5.10 Å². The molecule has 1 amide bonds. The molecule has 4 heterocycles. The Kier molecular flexibility index (Phi) is 3.15. The Hall–Kier alpha value is -3.48. The predicted molar refractivity (Wildman–Crippen MR) is 96.7 cm³/mol. The number of rotatable bonds is 2. The number of aromatic nitrogens is 5. The van der Waals surface area contributed by atoms with Crippen molar-refractivity contribution in [3.8, 4) is 11.3 Å². The van der Waals surface area contributed by atoms with Crippen molar-refractivity contribution < 1.29 is 4.79 Å². The van der Waals surface area contributed by atoms with E-state index in [0.717, 1.165) is 33.8 Å². The van der Waals surface area contributed by atoms with Gasteiger partial charge in [-0.3, -0.25) is 9.48 Å². The summed E-state index contributed by atoms with van der Waals surface area (Å²) in [6.45, 7) is 0. The normalized spacial score (nSPS) is 16.5. The summed E-state index contributed by atoms with van der Waals surface area (Å²) in [5.74, 6) is 0.566. The third-order valence-electron chi connectivity index (χ3n) is 4.81. The highest BCUT2D eigenvalue weighted by Gasteiger charge is 2.35. The van der Waals surface area contributed by atoms with Crippen molar-refractivity contribution in [1.82, 2.24) is 24.4 Å². The molecule has 1 aliphatic heterocycles. The lowest BCUT2D eigenvalue weighted by atomic mass is 9.85. The van der Waals surface area contributed by atoms with E-state index in [9.17, 15) is 4.79 Å². The predicted octanol–water partition coefficient (Wildman–Crippen LogP) is 2.60. The third kappa shape index (κ3) is 2.13. The molecular formula is C19H16N6O. The van der Waals surface area contributed by atoms with Crippen LogP contribution in [0.2, 0.25) is 0 Å². The lowest BCUT2D eigenvalue weighted by Gasteiger charge is -2.23. The zero-order valence-corrected chi connectivity index (χ0v) is 14.1. The highest BCUT2D eigenvalue weighted by atomic mass is 16.1. The molecule has 4 aromatic rings. The number of carbonyl (C=O) groups excluding carboxylic acids is 1. The quantitative estimate of drug-likeness (QED) is 0.606. The first-order valence-corrected chi connectivity index (χ1v) is 8.43. The Bertz CT molecular complexity index is 1130. The maximum Gasteiger partial charge on any atom is 0.226 e. The topological polar surface area (TPSA) is 77.1 Å². The van der Waals surface area contributed by atoms with Crippen LogP contribution >= 0.6 is 0 Å². The smallest absolute Gasteiger partial charge is 0.226 e. The van der Waals surface area contributed by atoms with E-state index >= 15 is 0 Å². The van der Waals surface area contributed by atoms with Gasteiger partial charge in [-0.15, -0.1) is 0 Å². The van der Waals surface area contributed by atoms with Gasteiger partial charge in [-0.1, -0.05) is 30.3 Å². The zero-order valence-electron chi connectivity index (χ0n) is 14.1. The highest BCUT2D eigenvalue weighted by molar-refractivity contribution is 5.96. The van der Waals surface area contributed by atoms with Crippen LogP contribution in [0, 0.1) is 0 Å². The number of anilines is 1. The molecule has 0 fully saturated rings. The van der Waals surface area contributed by atoms with Gasteiger partial charge >= 0.3 is 0 Å². The van der Waals surface area contributed by atoms with Crippen LogP contribution in [0.3, 0.4) is 0 Å². The molecule has 0 unspecified atom stereocenters. The molecule has 1 atom stereocenters. The second-order valence-corrected chi connectivity index (χ2v) is 6.39. The Morgan fingerprint density at radius 3 is 2.88 bits per heavy atom. The molecule has 0 saturated heterocycles. The van der Waals surface area contributed by atoms with Crippen molar-refractivity contribution in [2.45, 2.75) is 12.3 Å². The van der Waals surface area contributed by atoms with Crippen LogP contribution in [0.4, 0.5) is 5.82 Å². The second kappa shape index (κ2) is 5.52. The first-order chi connectivity index (χ1) is 12.7. The number of fused-ring (bicyclic) bond motifs is 2. The molecule has 0 radical (unpaired) electrons. The van der Waals surface area contributed by atoms with Gasteiger partial charge < -0.3 is 5.32 Å². The Morgan fingerprint density at radius 1 is 1.19 bits per heavy atom. The maximum atomic E-state index is 12.4. The van der Waals surface area contributed by atoms with Gasteiger partial charge in [-0.05, 0) is 6.07 Å². The number of amides is 1. The minimum absolute atomic E-state index is 0.0274. The first kappa shape index (κ1) is 14.8. The molecule has 1 N–H and O–H groups in total. The fraction of sp³-hybridized carbons (Fsp3) is 0.158. The average Bonchev–Trinajstić information content (AvgIpc) is 3.24. The molecule has 26 heavy (non-hydrogen) atoms. The fourth-order valence-corrected chi connectivity index (χ4v) is 3.66. The first-order valence-electron chi connectivity index (χ1n) is 8.43. The van der Waals surface area contributed by atoms with Gasteiger partial charge in [0.05, 0.1) is 11.9 Å². The number of aryl methyl sites for hydroxylation is 1. The van der Waals surface area contributed by atoms with Gasteiger partial charge in [-0.2, -0.15) is 10.2 Å². The number of hydrogen-bond acceptors (Lipinski definition) is 4. The number of hydrogen-bond donors (Lipinski definition) is 1. The van der Waals surface area contributed by atoms with E-state index < -0.39 is 0 Å². The summed E-state index contributed by atoms with van der Waals surface area (Å²) in [5.41, 5.74) is 4.62. The van der Waals surface area contributed by atoms with Crippen LogP contribution in [0.25, 0.3) is 16.9 Å². The Labute approximate surface area is 149 Å². The molecule has 0 spiro atoms. The van der Waals surface area contributed by atoms with Crippen molar-refractivity contribution in [1.29, 1.82) is 0 Å². The van der Waals surface area contributed by atoms with Crippen LogP contribution < -0.4 is 5.32 Å². The van der Waals surface area contributed by atoms with E-state index in [1.165, 1.54) is 0 Å². The van der Waals surface area contributed by atoms with Gasteiger partial charge in [0.15, 0.2) is 5.65 Å². The summed E-state index contributed by atoms with van der Waals surface area (Å²) in [5, 5.41) is 12.1. The zero-order chi connectivity index (χ0) is 17.7. The summed E-state index contributed by atoms with van der Waals surface area (Å²) < 4.78 is 3.47. The van der Waals surface area contributed by atoms with Gasteiger partial charge in [0.1, 0.15) is 5.82 Å². The Balaban J connectivity index is 1.76. The van der Waals surface area contributed by atoms with Crippen molar-refractivity contribution >= 4 is 17.4 Å². The molecule has 128 valence electrons. The molecule has 1 aromatic carbocycles. The molecule has 3 aromatic heterocycles. The maximum absolute atomic E-state index is 12.4. The Morgan fingerprint density at radius 2 is 2.04 bits per heavy atom. The molecule has 0 bridgehead atoms.